The van der Waals surface area contributed by atoms with E-state index >= 15 is 0 Å². The number of nitrogens with one attached hydrogen (secondary N) is 2. The Labute approximate surface area is 171 Å². The minimum atomic E-state index is -0.667. The van der Waals surface area contributed by atoms with Crippen LogP contribution in [0.4, 0.5) is 17.1 Å². The third kappa shape index (κ3) is 3.85. The maximum atomic E-state index is 12.2. The zero-order valence-electron chi connectivity index (χ0n) is 16.5. The number of benzene rings is 2. The number of anilines is 3. The van der Waals surface area contributed by atoms with Gasteiger partial charge in [-0.3, -0.25) is 14.4 Å². The summed E-state index contributed by atoms with van der Waals surface area (Å²) in [6, 6.07) is 14.1. The van der Waals surface area contributed by atoms with Crippen molar-refractivity contribution in [3.63, 3.8) is 0 Å². The lowest BCUT2D eigenvalue weighted by Gasteiger charge is -2.22. The van der Waals surface area contributed by atoms with Crippen molar-refractivity contribution in [2.24, 2.45) is 0 Å². The second kappa shape index (κ2) is 8.18. The second-order valence-electron chi connectivity index (χ2n) is 6.95. The average Bonchev–Trinajstić information content (AvgIpc) is 2.74. The van der Waals surface area contributed by atoms with Crippen molar-refractivity contribution in [1.29, 1.82) is 0 Å². The van der Waals surface area contributed by atoms with Crippen LogP contribution < -0.4 is 21.5 Å². The van der Waals surface area contributed by atoms with Crippen LogP contribution in [0.3, 0.4) is 0 Å². The summed E-state index contributed by atoms with van der Waals surface area (Å²) in [5.74, 6) is -0.648. The van der Waals surface area contributed by atoms with E-state index in [0.717, 1.165) is 5.56 Å². The largest absolute Gasteiger partial charge is 0.505 e. The summed E-state index contributed by atoms with van der Waals surface area (Å²) in [6.45, 7) is 1.98. The molecule has 3 N–H and O–H groups in total. The molecule has 0 aliphatic rings. The minimum Gasteiger partial charge on any atom is -0.505 e. The van der Waals surface area contributed by atoms with Crippen molar-refractivity contribution in [2.45, 2.75) is 19.4 Å². The summed E-state index contributed by atoms with van der Waals surface area (Å²) in [4.78, 5) is 37.9. The molecule has 0 radical (unpaired) electrons. The molecule has 29 heavy (non-hydrogen) atoms. The van der Waals surface area contributed by atoms with Gasteiger partial charge < -0.3 is 20.6 Å². The van der Waals surface area contributed by atoms with Gasteiger partial charge in [0.15, 0.2) is 5.75 Å². The maximum absolute atomic E-state index is 12.2. The van der Waals surface area contributed by atoms with Gasteiger partial charge in [0, 0.05) is 16.9 Å². The van der Waals surface area contributed by atoms with Gasteiger partial charge in [-0.2, -0.15) is 0 Å². The number of carbonyl (C=O) groups excluding carboxylic acids is 1. The zero-order chi connectivity index (χ0) is 21.1. The van der Waals surface area contributed by atoms with Gasteiger partial charge in [-0.1, -0.05) is 43.3 Å². The van der Waals surface area contributed by atoms with Crippen LogP contribution in [0.2, 0.25) is 0 Å². The third-order valence-electron chi connectivity index (χ3n) is 4.77. The first-order chi connectivity index (χ1) is 13.8. The fourth-order valence-corrected chi connectivity index (χ4v) is 3.12. The van der Waals surface area contributed by atoms with Gasteiger partial charge in [0.1, 0.15) is 11.4 Å². The molecule has 0 aliphatic carbocycles. The summed E-state index contributed by atoms with van der Waals surface area (Å²) >= 11 is 0. The summed E-state index contributed by atoms with van der Waals surface area (Å²) < 4.78 is 0. The number of phenols is 1. The van der Waals surface area contributed by atoms with E-state index in [1.165, 1.54) is 17.0 Å². The van der Waals surface area contributed by atoms with Crippen molar-refractivity contribution < 1.29 is 12.8 Å². The molecule has 0 heterocycles. The van der Waals surface area contributed by atoms with Gasteiger partial charge in [-0.15, -0.1) is 0 Å². The summed E-state index contributed by atoms with van der Waals surface area (Å²) in [5.41, 5.74) is 0.254. The SMILES string of the molecule is CC[C@@H](Nc1c(Nc2cccc(C(=O)N(C)C)c2O)c(=O)c1=O)c1ccccc1.[HH].[HH]. The predicted molar refractivity (Wildman–Crippen MR) is 118 cm³/mol. The van der Waals surface area contributed by atoms with E-state index in [9.17, 15) is 19.5 Å². The topological polar surface area (TPSA) is 98.7 Å². The Morgan fingerprint density at radius 3 is 2.31 bits per heavy atom. The molecule has 0 saturated carbocycles. The number of hydrogen-bond acceptors (Lipinski definition) is 6. The van der Waals surface area contributed by atoms with Crippen LogP contribution in [-0.2, 0) is 0 Å². The van der Waals surface area contributed by atoms with Crippen LogP contribution in [-0.4, -0.2) is 30.0 Å². The van der Waals surface area contributed by atoms with E-state index in [1.54, 1.807) is 20.2 Å². The van der Waals surface area contributed by atoms with Gasteiger partial charge in [0.05, 0.1) is 17.3 Å². The van der Waals surface area contributed by atoms with Crippen LogP contribution >= 0.6 is 0 Å². The van der Waals surface area contributed by atoms with Gasteiger partial charge in [-0.25, -0.2) is 0 Å². The van der Waals surface area contributed by atoms with Crippen molar-refractivity contribution in [3.8, 4) is 5.75 Å². The molecule has 0 unspecified atom stereocenters. The van der Waals surface area contributed by atoms with E-state index in [0.29, 0.717) is 6.42 Å². The fraction of sp³-hybridized carbons (Fsp3) is 0.227. The van der Waals surface area contributed by atoms with Gasteiger partial charge >= 0.3 is 0 Å². The Hall–Kier alpha value is -3.61. The van der Waals surface area contributed by atoms with Crippen LogP contribution in [0.15, 0.2) is 58.1 Å². The lowest BCUT2D eigenvalue weighted by atomic mass is 10.0. The maximum Gasteiger partial charge on any atom is 0.257 e. The molecular weight excluding hydrogens is 370 g/mol. The van der Waals surface area contributed by atoms with Crippen molar-refractivity contribution in [1.82, 2.24) is 4.90 Å². The quantitative estimate of drug-likeness (QED) is 0.417. The van der Waals surface area contributed by atoms with Gasteiger partial charge in [-0.05, 0) is 24.1 Å². The van der Waals surface area contributed by atoms with Crippen molar-refractivity contribution >= 4 is 23.0 Å². The van der Waals surface area contributed by atoms with Crippen molar-refractivity contribution in [2.75, 3.05) is 24.7 Å². The summed E-state index contributed by atoms with van der Waals surface area (Å²) in [7, 11) is 3.16. The molecule has 154 valence electrons. The Morgan fingerprint density at radius 2 is 1.69 bits per heavy atom. The molecule has 0 fully saturated rings. The molecule has 0 bridgehead atoms. The highest BCUT2D eigenvalue weighted by Crippen LogP contribution is 2.33. The number of hydrogen-bond donors (Lipinski definition) is 3. The van der Waals surface area contributed by atoms with Crippen molar-refractivity contribution in [3.05, 3.63) is 80.1 Å². The van der Waals surface area contributed by atoms with Crippen LogP contribution in [0.25, 0.3) is 0 Å². The van der Waals surface area contributed by atoms with E-state index in [-0.39, 0.29) is 43.2 Å². The van der Waals surface area contributed by atoms with Crippen LogP contribution in [0.5, 0.6) is 5.75 Å². The molecule has 1 atom stereocenters. The minimum absolute atomic E-state index is 0. The Morgan fingerprint density at radius 1 is 1.03 bits per heavy atom. The van der Waals surface area contributed by atoms with E-state index in [1.807, 2.05) is 37.3 Å². The summed E-state index contributed by atoms with van der Waals surface area (Å²) in [6.07, 6.45) is 0.709. The molecule has 7 nitrogen and oxygen atoms in total. The molecule has 7 heteroatoms. The number of nitrogens with zero attached hydrogens (tertiary/aromatic N) is 1. The lowest BCUT2D eigenvalue weighted by molar-refractivity contribution is 0.0824. The molecule has 3 aromatic carbocycles. The Kier molecular flexibility index (Phi) is 5.68. The summed E-state index contributed by atoms with van der Waals surface area (Å²) in [5, 5.41) is 16.4. The highest BCUT2D eigenvalue weighted by atomic mass is 16.3. The molecule has 0 aliphatic heterocycles. The first kappa shape index (κ1) is 20.1. The predicted octanol–water partition coefficient (Wildman–Crippen LogP) is 3.49. The molecule has 0 saturated heterocycles. The average molecular weight is 397 g/mol. The molecule has 3 rings (SSSR count). The van der Waals surface area contributed by atoms with Crippen LogP contribution in [0, 0.1) is 0 Å². The van der Waals surface area contributed by atoms with E-state index in [4.69, 9.17) is 0 Å². The smallest absolute Gasteiger partial charge is 0.257 e. The number of aromatic hydroxyl groups is 1. The highest BCUT2D eigenvalue weighted by molar-refractivity contribution is 5.99. The second-order valence-corrected chi connectivity index (χ2v) is 6.95. The number of rotatable bonds is 7. The molecular formula is C22H27N3O4. The first-order valence-electron chi connectivity index (χ1n) is 9.30. The number of amides is 1. The molecule has 3 aromatic rings. The van der Waals surface area contributed by atoms with E-state index < -0.39 is 10.9 Å². The van der Waals surface area contributed by atoms with E-state index in [2.05, 4.69) is 10.6 Å². The Balaban J connectivity index is 0.00000240. The third-order valence-corrected chi connectivity index (χ3v) is 4.77. The monoisotopic (exact) mass is 397 g/mol. The zero-order valence-corrected chi connectivity index (χ0v) is 16.5. The standard InChI is InChI=1S/C22H23N3O4.2H2/c1-4-15(13-9-6-5-7-10-13)23-17-18(21(28)20(17)27)24-16-12-8-11-14(19(16)26)22(29)25(2)3;;/h5-12,15,23-24,26H,4H2,1-3H3;2*1H/t15-;;/m1../s1. The Bertz CT molecular complexity index is 1110. The lowest BCUT2D eigenvalue weighted by Crippen LogP contribution is -2.37. The molecule has 1 amide bonds. The highest BCUT2D eigenvalue weighted by Gasteiger charge is 2.25. The first-order valence-corrected chi connectivity index (χ1v) is 9.30. The normalized spacial score (nSPS) is 11.8. The van der Waals surface area contributed by atoms with Gasteiger partial charge in [0.25, 0.3) is 16.8 Å². The molecule has 0 spiro atoms. The number of phenolic OH excluding ortho intramolecular Hbond substituents is 1. The fourth-order valence-electron chi connectivity index (χ4n) is 3.12. The molecule has 0 aromatic heterocycles. The van der Waals surface area contributed by atoms with Crippen LogP contribution in [0.1, 0.15) is 38.2 Å². The van der Waals surface area contributed by atoms with Gasteiger partial charge in [0.2, 0.25) is 0 Å². The number of carbonyl (C=O) groups is 1. The number of para-hydroxylation sites is 1.